The lowest BCUT2D eigenvalue weighted by molar-refractivity contribution is 0.772. The van der Waals surface area contributed by atoms with E-state index < -0.39 is 0 Å². The van der Waals surface area contributed by atoms with E-state index in [1.54, 1.807) is 23.9 Å². The van der Waals surface area contributed by atoms with Crippen LogP contribution < -0.4 is 0 Å². The molecule has 0 spiro atoms. The van der Waals surface area contributed by atoms with Gasteiger partial charge >= 0.3 is 0 Å². The van der Waals surface area contributed by atoms with Crippen LogP contribution in [0.1, 0.15) is 5.82 Å². The Hall–Kier alpha value is -1.95. The monoisotopic (exact) mass is 248 g/mol. The summed E-state index contributed by atoms with van der Waals surface area (Å²) in [4.78, 5) is 8.61. The Morgan fingerprint density at radius 2 is 2.12 bits per heavy atom. The molecule has 17 heavy (non-hydrogen) atoms. The molecule has 0 aliphatic carbocycles. The minimum atomic E-state index is 0.479. The largest absolute Gasteiger partial charge is 0.266 e. The van der Waals surface area contributed by atoms with Gasteiger partial charge in [0.25, 0.3) is 5.78 Å². The lowest BCUT2D eigenvalue weighted by atomic mass is 10.3. The zero-order chi connectivity index (χ0) is 12.0. The van der Waals surface area contributed by atoms with Gasteiger partial charge in [-0.2, -0.15) is 14.6 Å². The van der Waals surface area contributed by atoms with Gasteiger partial charge in [0, 0.05) is 19.3 Å². The maximum atomic E-state index is 6.14. The number of nitrogens with zero attached hydrogens (tertiary/aromatic N) is 6. The molecule has 86 valence electrons. The van der Waals surface area contributed by atoms with Gasteiger partial charge in [0.05, 0.1) is 11.4 Å². The van der Waals surface area contributed by atoms with Gasteiger partial charge in [0.1, 0.15) is 11.0 Å². The first-order valence-corrected chi connectivity index (χ1v) is 5.41. The van der Waals surface area contributed by atoms with Crippen LogP contribution in [-0.4, -0.2) is 29.4 Å². The molecule has 0 saturated heterocycles. The Bertz CT molecular complexity index is 698. The second-order valence-electron chi connectivity index (χ2n) is 3.67. The van der Waals surface area contributed by atoms with E-state index in [-0.39, 0.29) is 0 Å². The second-order valence-corrected chi connectivity index (χ2v) is 4.06. The second kappa shape index (κ2) is 3.53. The van der Waals surface area contributed by atoms with Gasteiger partial charge in [-0.25, -0.2) is 4.98 Å². The Kier molecular flexibility index (Phi) is 2.12. The molecule has 0 fully saturated rings. The number of aromatic nitrogens is 6. The van der Waals surface area contributed by atoms with Crippen molar-refractivity contribution in [2.45, 2.75) is 6.92 Å². The highest BCUT2D eigenvalue weighted by molar-refractivity contribution is 6.29. The molecule has 6 nitrogen and oxygen atoms in total. The van der Waals surface area contributed by atoms with Gasteiger partial charge in [-0.05, 0) is 13.0 Å². The average Bonchev–Trinajstić information content (AvgIpc) is 2.83. The van der Waals surface area contributed by atoms with Gasteiger partial charge in [0.15, 0.2) is 0 Å². The molecule has 3 rings (SSSR count). The minimum absolute atomic E-state index is 0.479. The predicted octanol–water partition coefficient (Wildman–Crippen LogP) is 1.49. The van der Waals surface area contributed by atoms with E-state index in [0.29, 0.717) is 16.8 Å². The molecule has 3 heterocycles. The van der Waals surface area contributed by atoms with Gasteiger partial charge in [-0.1, -0.05) is 11.6 Å². The number of fused-ring (bicyclic) bond motifs is 1. The van der Waals surface area contributed by atoms with Crippen molar-refractivity contribution < 1.29 is 0 Å². The van der Waals surface area contributed by atoms with Crippen molar-refractivity contribution >= 4 is 17.4 Å². The van der Waals surface area contributed by atoms with Crippen LogP contribution in [-0.2, 0) is 7.05 Å². The third-order valence-corrected chi connectivity index (χ3v) is 2.73. The van der Waals surface area contributed by atoms with Crippen LogP contribution in [0.3, 0.4) is 0 Å². The predicted molar refractivity (Wildman–Crippen MR) is 62.7 cm³/mol. The lowest BCUT2D eigenvalue weighted by Gasteiger charge is -2.02. The van der Waals surface area contributed by atoms with E-state index in [4.69, 9.17) is 11.6 Å². The fourth-order valence-electron chi connectivity index (χ4n) is 1.69. The van der Waals surface area contributed by atoms with Crippen LogP contribution in [0, 0.1) is 6.92 Å². The number of hydrogen-bond acceptors (Lipinski definition) is 4. The molecule has 0 aliphatic heterocycles. The van der Waals surface area contributed by atoms with E-state index in [9.17, 15) is 0 Å². The van der Waals surface area contributed by atoms with E-state index in [1.807, 2.05) is 13.1 Å². The van der Waals surface area contributed by atoms with Gasteiger partial charge < -0.3 is 0 Å². The summed E-state index contributed by atoms with van der Waals surface area (Å²) in [6.07, 6.45) is 1.71. The zero-order valence-electron chi connectivity index (χ0n) is 9.29. The van der Waals surface area contributed by atoms with E-state index in [0.717, 1.165) is 11.4 Å². The molecule has 0 aliphatic rings. The average molecular weight is 249 g/mol. The molecular formula is C10H9ClN6. The molecule has 0 bridgehead atoms. The molecule has 3 aromatic rings. The summed E-state index contributed by atoms with van der Waals surface area (Å²) in [6, 6.07) is 3.62. The van der Waals surface area contributed by atoms with Crippen molar-refractivity contribution in [1.29, 1.82) is 0 Å². The van der Waals surface area contributed by atoms with Gasteiger partial charge in [0.2, 0.25) is 0 Å². The highest BCUT2D eigenvalue weighted by Crippen LogP contribution is 2.20. The Labute approximate surface area is 102 Å². The van der Waals surface area contributed by atoms with Gasteiger partial charge in [-0.15, -0.1) is 5.10 Å². The van der Waals surface area contributed by atoms with Crippen molar-refractivity contribution in [3.8, 4) is 11.4 Å². The Morgan fingerprint density at radius 3 is 2.82 bits per heavy atom. The van der Waals surface area contributed by atoms with Crippen LogP contribution in [0.25, 0.3) is 17.2 Å². The smallest absolute Gasteiger partial charge is 0.254 e. The molecule has 0 N–H and O–H groups in total. The SMILES string of the molecule is Cc1nc2nc(-c3ccnn3C)cc(Cl)n2n1. The number of aryl methyl sites for hydroxylation is 2. The molecule has 0 unspecified atom stereocenters. The summed E-state index contributed by atoms with van der Waals surface area (Å²) < 4.78 is 3.25. The van der Waals surface area contributed by atoms with Crippen LogP contribution in [0.15, 0.2) is 18.3 Å². The van der Waals surface area contributed by atoms with Crippen molar-refractivity contribution in [3.63, 3.8) is 0 Å². The summed E-state index contributed by atoms with van der Waals surface area (Å²) in [5.41, 5.74) is 1.62. The summed E-state index contributed by atoms with van der Waals surface area (Å²) >= 11 is 6.14. The normalized spacial score (nSPS) is 11.2. The maximum Gasteiger partial charge on any atom is 0.254 e. The molecule has 0 saturated carbocycles. The van der Waals surface area contributed by atoms with Gasteiger partial charge in [-0.3, -0.25) is 4.68 Å². The topological polar surface area (TPSA) is 60.9 Å². The van der Waals surface area contributed by atoms with Crippen LogP contribution in [0.2, 0.25) is 5.15 Å². The van der Waals surface area contributed by atoms with Crippen LogP contribution in [0.4, 0.5) is 0 Å². The summed E-state index contributed by atoms with van der Waals surface area (Å²) in [5.74, 6) is 1.13. The molecular weight excluding hydrogens is 240 g/mol. The van der Waals surface area contributed by atoms with E-state index >= 15 is 0 Å². The molecule has 0 amide bonds. The molecule has 3 aromatic heterocycles. The molecule has 0 atom stereocenters. The third-order valence-electron chi connectivity index (χ3n) is 2.46. The number of rotatable bonds is 1. The van der Waals surface area contributed by atoms with Crippen molar-refractivity contribution in [3.05, 3.63) is 29.3 Å². The fraction of sp³-hybridized carbons (Fsp3) is 0.200. The third kappa shape index (κ3) is 1.57. The Morgan fingerprint density at radius 1 is 1.29 bits per heavy atom. The van der Waals surface area contributed by atoms with Crippen LogP contribution in [0.5, 0.6) is 0 Å². The van der Waals surface area contributed by atoms with E-state index in [2.05, 4.69) is 20.2 Å². The quantitative estimate of drug-likeness (QED) is 0.612. The first kappa shape index (κ1) is 10.2. The summed E-state index contributed by atoms with van der Waals surface area (Å²) in [6.45, 7) is 1.80. The standard InChI is InChI=1S/C10H9ClN6/c1-6-13-10-14-7(5-9(11)17(10)15-6)8-3-4-12-16(8)2/h3-5H,1-2H3. The van der Waals surface area contributed by atoms with E-state index in [1.165, 1.54) is 4.52 Å². The highest BCUT2D eigenvalue weighted by atomic mass is 35.5. The first-order chi connectivity index (χ1) is 8.15. The molecule has 0 aromatic carbocycles. The first-order valence-electron chi connectivity index (χ1n) is 5.03. The maximum absolute atomic E-state index is 6.14. The summed E-state index contributed by atoms with van der Waals surface area (Å²) in [5, 5.41) is 8.72. The minimum Gasteiger partial charge on any atom is -0.266 e. The lowest BCUT2D eigenvalue weighted by Crippen LogP contribution is -1.99. The summed E-state index contributed by atoms with van der Waals surface area (Å²) in [7, 11) is 1.85. The number of halogens is 1. The zero-order valence-corrected chi connectivity index (χ0v) is 10.0. The highest BCUT2D eigenvalue weighted by Gasteiger charge is 2.11. The molecule has 0 radical (unpaired) electrons. The molecule has 7 heteroatoms. The Balaban J connectivity index is 2.28. The van der Waals surface area contributed by atoms with Crippen molar-refractivity contribution in [2.75, 3.05) is 0 Å². The fourth-order valence-corrected chi connectivity index (χ4v) is 1.91. The van der Waals surface area contributed by atoms with Crippen LogP contribution >= 0.6 is 11.6 Å². The van der Waals surface area contributed by atoms with Crippen molar-refractivity contribution in [1.82, 2.24) is 29.4 Å². The van der Waals surface area contributed by atoms with Crippen molar-refractivity contribution in [2.24, 2.45) is 7.05 Å². The number of hydrogen-bond donors (Lipinski definition) is 0.